The third kappa shape index (κ3) is 9.83. The van der Waals surface area contributed by atoms with E-state index in [9.17, 15) is 13.6 Å². The molecule has 33 heavy (non-hydrogen) atoms. The van der Waals surface area contributed by atoms with Crippen LogP contribution >= 0.6 is 11.3 Å². The minimum atomic E-state index is -2.58. The van der Waals surface area contributed by atoms with Crippen molar-refractivity contribution in [3.63, 3.8) is 0 Å². The maximum absolute atomic E-state index is 12.6. The monoisotopic (exact) mass is 489 g/mol. The highest BCUT2D eigenvalue weighted by atomic mass is 32.1. The molecule has 2 fully saturated rings. The summed E-state index contributed by atoms with van der Waals surface area (Å²) in [6, 6.07) is 1.90. The number of fused-ring (bicyclic) bond motifs is 1. The molecule has 2 heterocycles. The fourth-order valence-electron chi connectivity index (χ4n) is 3.11. The Morgan fingerprint density at radius 2 is 2.06 bits per heavy atom. The number of H-pyrrole nitrogens is 1. The lowest BCUT2D eigenvalue weighted by Gasteiger charge is -2.23. The van der Waals surface area contributed by atoms with Crippen molar-refractivity contribution in [3.8, 4) is 5.19 Å². The first-order chi connectivity index (χ1) is 15.8. The second-order valence-electron chi connectivity index (χ2n) is 8.13. The number of hydrogen-bond donors (Lipinski definition) is 3. The summed E-state index contributed by atoms with van der Waals surface area (Å²) in [6.07, 6.45) is 9.02. The molecule has 11 heteroatoms. The Labute approximate surface area is 195 Å². The molecule has 4 rings (SSSR count). The van der Waals surface area contributed by atoms with Gasteiger partial charge in [-0.1, -0.05) is 30.6 Å². The van der Waals surface area contributed by atoms with E-state index in [1.165, 1.54) is 55.7 Å². The lowest BCUT2D eigenvalue weighted by atomic mass is 9.98. The maximum atomic E-state index is 12.6. The number of ether oxygens (including phenoxy) is 2. The molecule has 0 spiro atoms. The number of nitrogens with zero attached hydrogens (tertiary/aromatic N) is 1. The first-order valence-corrected chi connectivity index (χ1v) is 11.9. The molecular formula is C22H33F2N3O5S. The average Bonchev–Trinajstić information content (AvgIpc) is 3.24. The van der Waals surface area contributed by atoms with Gasteiger partial charge in [-0.15, -0.1) is 0 Å². The summed E-state index contributed by atoms with van der Waals surface area (Å²) in [4.78, 5) is 26.5. The first-order valence-electron chi connectivity index (χ1n) is 11.1. The Kier molecular flexibility index (Phi) is 11.3. The Balaban J connectivity index is 0.000000211. The number of aromatic nitrogens is 2. The van der Waals surface area contributed by atoms with Crippen molar-refractivity contribution in [1.29, 1.82) is 0 Å². The smallest absolute Gasteiger partial charge is 0.274 e. The summed E-state index contributed by atoms with van der Waals surface area (Å²) in [6.45, 7) is 2.63. The van der Waals surface area contributed by atoms with Crippen molar-refractivity contribution >= 4 is 27.8 Å². The van der Waals surface area contributed by atoms with Gasteiger partial charge >= 0.3 is 0 Å². The van der Waals surface area contributed by atoms with Gasteiger partial charge in [0.2, 0.25) is 5.56 Å². The van der Waals surface area contributed by atoms with Gasteiger partial charge in [-0.05, 0) is 26.8 Å². The van der Waals surface area contributed by atoms with Crippen molar-refractivity contribution in [2.75, 3.05) is 26.9 Å². The van der Waals surface area contributed by atoms with E-state index in [-0.39, 0.29) is 25.2 Å². The summed E-state index contributed by atoms with van der Waals surface area (Å²) in [5, 5.41) is 11.0. The second kappa shape index (κ2) is 13.7. The molecule has 0 aromatic carbocycles. The molecule has 2 aliphatic rings. The van der Waals surface area contributed by atoms with Crippen LogP contribution in [-0.2, 0) is 9.53 Å². The zero-order valence-electron chi connectivity index (χ0n) is 19.0. The number of carbonyl (C=O) groups excluding carboxylic acids is 1. The standard InChI is InChI=1S/C10H8F2N2O2S.C10H21NO.C2H4O2/c11-10(12)2-5(10)4-16-9-14-6-3-13-8(15)1-7(6)17-9;1-9(11-2)8-12-10-6-4-3-5-7-10;3-1-2-4/h1,3,5H,2,4H2,(H,13,15);9-11H,3-8H2,1-2H3;1,4H,2H2. The van der Waals surface area contributed by atoms with Gasteiger partial charge in [0.25, 0.3) is 11.1 Å². The van der Waals surface area contributed by atoms with Crippen LogP contribution in [0.4, 0.5) is 8.78 Å². The number of thiazole rings is 1. The van der Waals surface area contributed by atoms with E-state index in [0.29, 0.717) is 33.8 Å². The quantitative estimate of drug-likeness (QED) is 0.488. The molecule has 2 atom stereocenters. The first kappa shape index (κ1) is 27.3. The molecule has 0 bridgehead atoms. The number of likely N-dealkylation sites (N-methyl/N-ethyl adjacent to an activating group) is 1. The van der Waals surface area contributed by atoms with Crippen LogP contribution in [0, 0.1) is 5.92 Å². The van der Waals surface area contributed by atoms with Crippen LogP contribution in [-0.4, -0.2) is 66.3 Å². The van der Waals surface area contributed by atoms with Gasteiger partial charge in [0.05, 0.1) is 36.5 Å². The highest BCUT2D eigenvalue weighted by Gasteiger charge is 2.57. The molecule has 0 saturated heterocycles. The van der Waals surface area contributed by atoms with Crippen molar-refractivity contribution in [2.45, 2.75) is 63.5 Å². The minimum absolute atomic E-state index is 0.0270. The van der Waals surface area contributed by atoms with E-state index in [4.69, 9.17) is 19.4 Å². The molecule has 2 aromatic heterocycles. The van der Waals surface area contributed by atoms with Gasteiger partial charge in [-0.3, -0.25) is 4.79 Å². The topological polar surface area (TPSA) is 114 Å². The number of pyridine rings is 1. The van der Waals surface area contributed by atoms with Crippen LogP contribution in [0.15, 0.2) is 17.1 Å². The summed E-state index contributed by atoms with van der Waals surface area (Å²) >= 11 is 1.18. The van der Waals surface area contributed by atoms with E-state index < -0.39 is 11.8 Å². The Morgan fingerprint density at radius 1 is 1.39 bits per heavy atom. The largest absolute Gasteiger partial charge is 0.469 e. The van der Waals surface area contributed by atoms with Crippen LogP contribution in [0.3, 0.4) is 0 Å². The Bertz CT molecular complexity index is 902. The van der Waals surface area contributed by atoms with Gasteiger partial charge in [-0.25, -0.2) is 13.8 Å². The minimum Gasteiger partial charge on any atom is -0.469 e. The Hall–Kier alpha value is -1.95. The average molecular weight is 490 g/mol. The fourth-order valence-corrected chi connectivity index (χ4v) is 3.94. The molecule has 3 N–H and O–H groups in total. The van der Waals surface area contributed by atoms with E-state index in [2.05, 4.69) is 22.2 Å². The van der Waals surface area contributed by atoms with Gasteiger partial charge < -0.3 is 29.7 Å². The fraction of sp³-hybridized carbons (Fsp3) is 0.682. The number of carbonyl (C=O) groups is 1. The predicted molar refractivity (Wildman–Crippen MR) is 123 cm³/mol. The van der Waals surface area contributed by atoms with Crippen LogP contribution in [0.2, 0.25) is 0 Å². The second-order valence-corrected chi connectivity index (χ2v) is 9.13. The van der Waals surface area contributed by atoms with E-state index in [0.717, 1.165) is 6.61 Å². The summed E-state index contributed by atoms with van der Waals surface area (Å²) in [7, 11) is 1.98. The number of aliphatic hydroxyl groups is 1. The molecule has 2 saturated carbocycles. The number of aromatic amines is 1. The number of aldehydes is 1. The SMILES string of the molecule is CNC(C)COC1CCCCC1.O=CCO.O=c1cc2sc(OCC3CC3(F)F)nc2c[nH]1. The summed E-state index contributed by atoms with van der Waals surface area (Å²) in [5.74, 6) is -3.27. The third-order valence-electron chi connectivity index (χ3n) is 5.34. The highest BCUT2D eigenvalue weighted by molar-refractivity contribution is 7.20. The molecule has 2 aromatic rings. The lowest BCUT2D eigenvalue weighted by molar-refractivity contribution is -0.110. The zero-order valence-corrected chi connectivity index (χ0v) is 19.8. The highest BCUT2D eigenvalue weighted by Crippen LogP contribution is 2.48. The van der Waals surface area contributed by atoms with Crippen LogP contribution in [0.25, 0.3) is 10.2 Å². The Morgan fingerprint density at radius 3 is 2.64 bits per heavy atom. The number of rotatable bonds is 8. The van der Waals surface area contributed by atoms with Crippen molar-refractivity contribution in [3.05, 3.63) is 22.6 Å². The molecule has 0 aliphatic heterocycles. The molecule has 8 nitrogen and oxygen atoms in total. The predicted octanol–water partition coefficient (Wildman–Crippen LogP) is 3.14. The summed E-state index contributed by atoms with van der Waals surface area (Å²) < 4.78 is 36.9. The summed E-state index contributed by atoms with van der Waals surface area (Å²) in [5.41, 5.74) is 0.383. The third-order valence-corrected chi connectivity index (χ3v) is 6.27. The van der Waals surface area contributed by atoms with Gasteiger partial charge in [-0.2, -0.15) is 0 Å². The molecular weight excluding hydrogens is 456 g/mol. The van der Waals surface area contributed by atoms with Gasteiger partial charge in [0.15, 0.2) is 0 Å². The van der Waals surface area contributed by atoms with E-state index >= 15 is 0 Å². The number of aliphatic hydroxyl groups excluding tert-OH is 1. The molecule has 0 amide bonds. The van der Waals surface area contributed by atoms with Crippen LogP contribution < -0.4 is 15.6 Å². The maximum Gasteiger partial charge on any atom is 0.274 e. The van der Waals surface area contributed by atoms with Gasteiger partial charge in [0, 0.05) is 24.7 Å². The van der Waals surface area contributed by atoms with Gasteiger partial charge in [0.1, 0.15) is 11.8 Å². The van der Waals surface area contributed by atoms with Crippen LogP contribution in [0.5, 0.6) is 5.19 Å². The molecule has 0 radical (unpaired) electrons. The number of alkyl halides is 2. The normalized spacial score (nSPS) is 20.1. The molecule has 186 valence electrons. The van der Waals surface area contributed by atoms with E-state index in [1.54, 1.807) is 0 Å². The van der Waals surface area contributed by atoms with Crippen molar-refractivity contribution in [2.24, 2.45) is 5.92 Å². The zero-order chi connectivity index (χ0) is 24.3. The lowest BCUT2D eigenvalue weighted by Crippen LogP contribution is -2.30. The van der Waals surface area contributed by atoms with Crippen molar-refractivity contribution in [1.82, 2.24) is 15.3 Å². The molecule has 2 aliphatic carbocycles. The molecule has 2 unspecified atom stereocenters. The number of nitrogens with one attached hydrogen (secondary N) is 2. The van der Waals surface area contributed by atoms with Crippen LogP contribution in [0.1, 0.15) is 45.4 Å². The number of hydrogen-bond acceptors (Lipinski definition) is 8. The van der Waals surface area contributed by atoms with E-state index in [1.807, 2.05) is 7.05 Å². The van der Waals surface area contributed by atoms with Crippen molar-refractivity contribution < 1.29 is 28.2 Å². The number of halogens is 2.